The van der Waals surface area contributed by atoms with Crippen LogP contribution in [0.1, 0.15) is 30.8 Å². The van der Waals surface area contributed by atoms with Crippen LogP contribution in [-0.4, -0.2) is 14.7 Å². The van der Waals surface area contributed by atoms with Crippen LogP contribution in [0.3, 0.4) is 0 Å². The lowest BCUT2D eigenvalue weighted by Gasteiger charge is -2.13. The molecule has 0 aliphatic rings. The van der Waals surface area contributed by atoms with Crippen molar-refractivity contribution in [3.8, 4) is 0 Å². The molecule has 1 aromatic heterocycles. The molecule has 0 saturated heterocycles. The van der Waals surface area contributed by atoms with Crippen molar-refractivity contribution in [1.82, 2.24) is 9.55 Å². The van der Waals surface area contributed by atoms with Gasteiger partial charge in [-0.2, -0.15) is 0 Å². The predicted octanol–water partition coefficient (Wildman–Crippen LogP) is 2.51. The second kappa shape index (κ2) is 5.10. The summed E-state index contributed by atoms with van der Waals surface area (Å²) < 4.78 is 14.7. The molecule has 1 N–H and O–H groups in total. The van der Waals surface area contributed by atoms with Gasteiger partial charge < -0.3 is 9.67 Å². The zero-order chi connectivity index (χ0) is 12.3. The zero-order valence-corrected chi connectivity index (χ0v) is 9.68. The van der Waals surface area contributed by atoms with E-state index >= 15 is 0 Å². The standard InChI is InChI=1S/C13H15FN2O/c1-2-8-16-9-7-15-13(16)12(17)10-3-5-11(14)6-4-10/h3-7,9,12,17H,2,8H2,1H3. The molecule has 1 heterocycles. The minimum atomic E-state index is -0.808. The summed E-state index contributed by atoms with van der Waals surface area (Å²) in [6.45, 7) is 2.88. The Balaban J connectivity index is 2.26. The summed E-state index contributed by atoms with van der Waals surface area (Å²) in [5.41, 5.74) is 0.648. The van der Waals surface area contributed by atoms with Gasteiger partial charge in [0.05, 0.1) is 0 Å². The highest BCUT2D eigenvalue weighted by Gasteiger charge is 2.15. The van der Waals surface area contributed by atoms with E-state index in [-0.39, 0.29) is 5.82 Å². The van der Waals surface area contributed by atoms with Crippen LogP contribution in [0.25, 0.3) is 0 Å². The summed E-state index contributed by atoms with van der Waals surface area (Å²) in [6, 6.07) is 5.83. The Morgan fingerprint density at radius 3 is 2.71 bits per heavy atom. The van der Waals surface area contributed by atoms with Gasteiger partial charge in [0.25, 0.3) is 0 Å². The number of halogens is 1. The number of benzene rings is 1. The first-order valence-electron chi connectivity index (χ1n) is 5.67. The normalized spacial score (nSPS) is 12.6. The largest absolute Gasteiger partial charge is 0.380 e. The topological polar surface area (TPSA) is 38.0 Å². The molecule has 2 aromatic rings. The summed E-state index contributed by atoms with van der Waals surface area (Å²) in [5.74, 6) is 0.288. The highest BCUT2D eigenvalue weighted by atomic mass is 19.1. The first-order valence-corrected chi connectivity index (χ1v) is 5.67. The fourth-order valence-electron chi connectivity index (χ4n) is 1.79. The lowest BCUT2D eigenvalue weighted by Crippen LogP contribution is -2.09. The molecule has 0 saturated carbocycles. The Hall–Kier alpha value is -1.68. The van der Waals surface area contributed by atoms with Crippen molar-refractivity contribution >= 4 is 0 Å². The van der Waals surface area contributed by atoms with E-state index < -0.39 is 6.10 Å². The maximum absolute atomic E-state index is 12.8. The molecule has 0 spiro atoms. The molecule has 1 atom stereocenters. The average molecular weight is 234 g/mol. The SMILES string of the molecule is CCCn1ccnc1C(O)c1ccc(F)cc1. The number of rotatable bonds is 4. The van der Waals surface area contributed by atoms with Crippen LogP contribution in [0, 0.1) is 5.82 Å². The molecular formula is C13H15FN2O. The molecule has 0 fully saturated rings. The van der Waals surface area contributed by atoms with E-state index in [4.69, 9.17) is 0 Å². The molecule has 1 aromatic carbocycles. The third-order valence-electron chi connectivity index (χ3n) is 2.64. The number of aliphatic hydroxyl groups excluding tert-OH is 1. The quantitative estimate of drug-likeness (QED) is 0.882. The molecule has 2 rings (SSSR count). The van der Waals surface area contributed by atoms with Crippen LogP contribution in [0.5, 0.6) is 0 Å². The Morgan fingerprint density at radius 1 is 1.35 bits per heavy atom. The second-order valence-corrected chi connectivity index (χ2v) is 3.93. The number of hydrogen-bond donors (Lipinski definition) is 1. The van der Waals surface area contributed by atoms with Crippen molar-refractivity contribution in [3.05, 3.63) is 53.9 Å². The van der Waals surface area contributed by atoms with Gasteiger partial charge in [-0.1, -0.05) is 19.1 Å². The summed E-state index contributed by atoms with van der Waals surface area (Å²) in [4.78, 5) is 4.15. The van der Waals surface area contributed by atoms with E-state index in [0.717, 1.165) is 13.0 Å². The van der Waals surface area contributed by atoms with Crippen LogP contribution in [0.2, 0.25) is 0 Å². The van der Waals surface area contributed by atoms with E-state index in [2.05, 4.69) is 11.9 Å². The number of aryl methyl sites for hydroxylation is 1. The predicted molar refractivity (Wildman–Crippen MR) is 63.0 cm³/mol. The van der Waals surface area contributed by atoms with Crippen LogP contribution in [0.4, 0.5) is 4.39 Å². The van der Waals surface area contributed by atoms with E-state index in [0.29, 0.717) is 11.4 Å². The number of aromatic nitrogens is 2. The molecule has 90 valence electrons. The zero-order valence-electron chi connectivity index (χ0n) is 9.68. The summed E-state index contributed by atoms with van der Waals surface area (Å²) >= 11 is 0. The van der Waals surface area contributed by atoms with Gasteiger partial charge in [0.15, 0.2) is 0 Å². The first kappa shape index (κ1) is 11.8. The number of hydrogen-bond acceptors (Lipinski definition) is 2. The van der Waals surface area contributed by atoms with Gasteiger partial charge in [0.1, 0.15) is 17.7 Å². The molecule has 0 amide bonds. The molecule has 1 unspecified atom stereocenters. The lowest BCUT2D eigenvalue weighted by atomic mass is 10.1. The fourth-order valence-corrected chi connectivity index (χ4v) is 1.79. The minimum Gasteiger partial charge on any atom is -0.380 e. The second-order valence-electron chi connectivity index (χ2n) is 3.93. The molecular weight excluding hydrogens is 219 g/mol. The van der Waals surface area contributed by atoms with Crippen molar-refractivity contribution in [2.45, 2.75) is 26.0 Å². The van der Waals surface area contributed by atoms with Crippen LogP contribution in [0.15, 0.2) is 36.7 Å². The number of aliphatic hydroxyl groups is 1. The number of imidazole rings is 1. The van der Waals surface area contributed by atoms with Crippen LogP contribution in [-0.2, 0) is 6.54 Å². The van der Waals surface area contributed by atoms with Gasteiger partial charge in [-0.05, 0) is 24.1 Å². The van der Waals surface area contributed by atoms with Crippen molar-refractivity contribution in [1.29, 1.82) is 0 Å². The van der Waals surface area contributed by atoms with Gasteiger partial charge in [-0.3, -0.25) is 0 Å². The van der Waals surface area contributed by atoms with Crippen molar-refractivity contribution < 1.29 is 9.50 Å². The van der Waals surface area contributed by atoms with Gasteiger partial charge >= 0.3 is 0 Å². The highest BCUT2D eigenvalue weighted by Crippen LogP contribution is 2.20. The fraction of sp³-hybridized carbons (Fsp3) is 0.308. The highest BCUT2D eigenvalue weighted by molar-refractivity contribution is 5.23. The Kier molecular flexibility index (Phi) is 3.54. The molecule has 0 bridgehead atoms. The molecule has 0 aliphatic carbocycles. The van der Waals surface area contributed by atoms with Gasteiger partial charge in [0.2, 0.25) is 0 Å². The summed E-state index contributed by atoms with van der Waals surface area (Å²) in [7, 11) is 0. The maximum Gasteiger partial charge on any atom is 0.142 e. The first-order chi connectivity index (χ1) is 8.22. The molecule has 3 nitrogen and oxygen atoms in total. The number of nitrogens with zero attached hydrogens (tertiary/aromatic N) is 2. The van der Waals surface area contributed by atoms with E-state index in [1.165, 1.54) is 12.1 Å². The monoisotopic (exact) mass is 234 g/mol. The Bertz CT molecular complexity index is 478. The van der Waals surface area contributed by atoms with E-state index in [1.807, 2.05) is 10.8 Å². The van der Waals surface area contributed by atoms with Gasteiger partial charge in [-0.25, -0.2) is 9.37 Å². The summed E-state index contributed by atoms with van der Waals surface area (Å²) in [6.07, 6.45) is 3.67. The average Bonchev–Trinajstić information content (AvgIpc) is 2.78. The van der Waals surface area contributed by atoms with Crippen molar-refractivity contribution in [3.63, 3.8) is 0 Å². The van der Waals surface area contributed by atoms with Crippen molar-refractivity contribution in [2.75, 3.05) is 0 Å². The molecule has 17 heavy (non-hydrogen) atoms. The third kappa shape index (κ3) is 2.53. The van der Waals surface area contributed by atoms with Gasteiger partial charge in [-0.15, -0.1) is 0 Å². The Morgan fingerprint density at radius 2 is 2.06 bits per heavy atom. The van der Waals surface area contributed by atoms with Crippen molar-refractivity contribution in [2.24, 2.45) is 0 Å². The van der Waals surface area contributed by atoms with E-state index in [9.17, 15) is 9.50 Å². The smallest absolute Gasteiger partial charge is 0.142 e. The molecule has 4 heteroatoms. The van der Waals surface area contributed by atoms with Gasteiger partial charge in [0, 0.05) is 18.9 Å². The van der Waals surface area contributed by atoms with Crippen LogP contribution < -0.4 is 0 Å². The molecule has 0 aliphatic heterocycles. The minimum absolute atomic E-state index is 0.308. The Labute approximate surface area is 99.5 Å². The molecule has 0 radical (unpaired) electrons. The van der Waals surface area contributed by atoms with Crippen LogP contribution >= 0.6 is 0 Å². The third-order valence-corrected chi connectivity index (χ3v) is 2.64. The maximum atomic E-state index is 12.8. The summed E-state index contributed by atoms with van der Waals surface area (Å²) in [5, 5.41) is 10.2. The van der Waals surface area contributed by atoms with E-state index in [1.54, 1.807) is 18.3 Å². The lowest BCUT2D eigenvalue weighted by molar-refractivity contribution is 0.204.